The van der Waals surface area contributed by atoms with Crippen molar-refractivity contribution < 1.29 is 26.4 Å². The van der Waals surface area contributed by atoms with E-state index in [4.69, 9.17) is 0 Å². The van der Waals surface area contributed by atoms with E-state index >= 15 is 0 Å². The molecular formula is C17H31F3IN5O3S. The van der Waals surface area contributed by atoms with Crippen LogP contribution in [-0.4, -0.2) is 69.4 Å². The quantitative estimate of drug-likeness (QED) is 0.257. The molecule has 1 saturated heterocycles. The Morgan fingerprint density at radius 3 is 2.20 bits per heavy atom. The first kappa shape index (κ1) is 27.2. The number of hydrogen-bond acceptors (Lipinski definition) is 4. The van der Waals surface area contributed by atoms with Gasteiger partial charge in [-0.15, -0.1) is 24.0 Å². The molecule has 0 atom stereocenters. The van der Waals surface area contributed by atoms with E-state index in [1.54, 1.807) is 7.05 Å². The molecule has 2 rings (SSSR count). The van der Waals surface area contributed by atoms with Gasteiger partial charge in [0.15, 0.2) is 5.96 Å². The van der Waals surface area contributed by atoms with Crippen LogP contribution in [0.15, 0.2) is 4.99 Å². The third-order valence-electron chi connectivity index (χ3n) is 5.37. The number of rotatable bonds is 6. The van der Waals surface area contributed by atoms with Crippen molar-refractivity contribution >= 4 is 45.9 Å². The number of carbonyl (C=O) groups excluding carboxylic acids is 1. The highest BCUT2D eigenvalue weighted by atomic mass is 127. The van der Waals surface area contributed by atoms with Crippen molar-refractivity contribution in [1.82, 2.24) is 20.3 Å². The Labute approximate surface area is 192 Å². The van der Waals surface area contributed by atoms with Crippen LogP contribution in [0.4, 0.5) is 13.2 Å². The minimum atomic E-state index is -5.26. The number of carbonyl (C=O) groups is 1. The lowest BCUT2D eigenvalue weighted by Crippen LogP contribution is -2.48. The summed E-state index contributed by atoms with van der Waals surface area (Å²) in [5, 5.41) is 8.97. The zero-order valence-electron chi connectivity index (χ0n) is 17.0. The highest BCUT2D eigenvalue weighted by Gasteiger charge is 2.50. The molecule has 0 bridgehead atoms. The normalized spacial score (nSPS) is 20.3. The molecule has 3 N–H and O–H groups in total. The molecule has 2 fully saturated rings. The number of piperidine rings is 1. The van der Waals surface area contributed by atoms with E-state index in [1.165, 1.54) is 6.42 Å². The summed E-state index contributed by atoms with van der Waals surface area (Å²) < 4.78 is 61.2. The van der Waals surface area contributed by atoms with Gasteiger partial charge in [0.1, 0.15) is 0 Å². The number of hydrogen-bond donors (Lipinski definition) is 3. The Bertz CT molecular complexity index is 677. The van der Waals surface area contributed by atoms with Gasteiger partial charge in [-0.05, 0) is 31.6 Å². The van der Waals surface area contributed by atoms with Crippen molar-refractivity contribution in [2.24, 2.45) is 10.9 Å². The van der Waals surface area contributed by atoms with Gasteiger partial charge in [-0.3, -0.25) is 9.79 Å². The molecule has 0 aromatic rings. The number of guanidine groups is 1. The zero-order chi connectivity index (χ0) is 21.5. The number of amides is 1. The summed E-state index contributed by atoms with van der Waals surface area (Å²) in [5.74, 6) is 0.337. The first-order chi connectivity index (χ1) is 13.6. The number of aliphatic imine (C=N–C) groups is 1. The van der Waals surface area contributed by atoms with Crippen LogP contribution < -0.4 is 16.0 Å². The number of sulfonamides is 1. The molecule has 13 heteroatoms. The average molecular weight is 569 g/mol. The molecule has 0 unspecified atom stereocenters. The van der Waals surface area contributed by atoms with Crippen LogP contribution in [0.2, 0.25) is 0 Å². The second-order valence-corrected chi connectivity index (χ2v) is 9.43. The fourth-order valence-electron chi connectivity index (χ4n) is 3.65. The minimum absolute atomic E-state index is 0. The Morgan fingerprint density at radius 1 is 1.07 bits per heavy atom. The van der Waals surface area contributed by atoms with Crippen LogP contribution in [0.1, 0.15) is 44.9 Å². The summed E-state index contributed by atoms with van der Waals surface area (Å²) in [6.45, 7) is 0.191. The molecule has 176 valence electrons. The largest absolute Gasteiger partial charge is 0.511 e. The maximum absolute atomic E-state index is 12.6. The molecule has 0 aromatic heterocycles. The van der Waals surface area contributed by atoms with Crippen molar-refractivity contribution in [3.8, 4) is 0 Å². The second kappa shape index (κ2) is 12.3. The maximum Gasteiger partial charge on any atom is 0.511 e. The highest BCUT2D eigenvalue weighted by molar-refractivity contribution is 14.0. The molecule has 1 amide bonds. The van der Waals surface area contributed by atoms with E-state index in [0.29, 0.717) is 29.7 Å². The smallest absolute Gasteiger partial charge is 0.356 e. The monoisotopic (exact) mass is 569 g/mol. The van der Waals surface area contributed by atoms with Gasteiger partial charge in [0, 0.05) is 32.7 Å². The van der Waals surface area contributed by atoms with Crippen molar-refractivity contribution in [3.05, 3.63) is 0 Å². The van der Waals surface area contributed by atoms with Gasteiger partial charge < -0.3 is 16.0 Å². The van der Waals surface area contributed by atoms with Crippen molar-refractivity contribution in [3.63, 3.8) is 0 Å². The molecule has 1 aliphatic heterocycles. The summed E-state index contributed by atoms with van der Waals surface area (Å²) in [7, 11) is -3.69. The Morgan fingerprint density at radius 2 is 1.67 bits per heavy atom. The van der Waals surface area contributed by atoms with Crippen LogP contribution in [0.5, 0.6) is 0 Å². The summed E-state index contributed by atoms with van der Waals surface area (Å²) in [4.78, 5) is 16.1. The predicted molar refractivity (Wildman–Crippen MR) is 119 cm³/mol. The summed E-state index contributed by atoms with van der Waals surface area (Å²) in [6.07, 6.45) is 6.11. The summed E-state index contributed by atoms with van der Waals surface area (Å²) in [5.41, 5.74) is -5.26. The van der Waals surface area contributed by atoms with Gasteiger partial charge in [0.25, 0.3) is 0 Å². The molecule has 1 heterocycles. The molecule has 0 radical (unpaired) electrons. The van der Waals surface area contributed by atoms with Crippen LogP contribution in [0.25, 0.3) is 0 Å². The highest BCUT2D eigenvalue weighted by Crippen LogP contribution is 2.30. The lowest BCUT2D eigenvalue weighted by atomic mass is 9.95. The van der Waals surface area contributed by atoms with E-state index in [-0.39, 0.29) is 61.5 Å². The van der Waals surface area contributed by atoms with Crippen LogP contribution in [0, 0.1) is 5.92 Å². The van der Waals surface area contributed by atoms with Crippen LogP contribution >= 0.6 is 24.0 Å². The van der Waals surface area contributed by atoms with E-state index in [2.05, 4.69) is 20.9 Å². The number of alkyl halides is 3. The molecule has 8 nitrogen and oxygen atoms in total. The molecule has 1 saturated carbocycles. The SMILES string of the molecule is CN=C(NCC(=O)NC1CCCCC1)NCC1CCN(S(=O)(=O)C(F)(F)F)CC1.I. The van der Waals surface area contributed by atoms with Gasteiger partial charge in [-0.25, -0.2) is 8.42 Å². The lowest BCUT2D eigenvalue weighted by Gasteiger charge is -2.31. The van der Waals surface area contributed by atoms with E-state index in [9.17, 15) is 26.4 Å². The topological polar surface area (TPSA) is 103 Å². The Kier molecular flexibility index (Phi) is 11.1. The molecule has 0 aromatic carbocycles. The van der Waals surface area contributed by atoms with Crippen molar-refractivity contribution in [2.45, 2.75) is 56.5 Å². The molecule has 2 aliphatic rings. The second-order valence-electron chi connectivity index (χ2n) is 7.50. The first-order valence-electron chi connectivity index (χ1n) is 9.93. The van der Waals surface area contributed by atoms with E-state index in [0.717, 1.165) is 25.7 Å². The van der Waals surface area contributed by atoms with Crippen LogP contribution in [0.3, 0.4) is 0 Å². The first-order valence-corrected chi connectivity index (χ1v) is 11.4. The number of nitrogens with zero attached hydrogens (tertiary/aromatic N) is 2. The van der Waals surface area contributed by atoms with Gasteiger partial charge in [-0.2, -0.15) is 17.5 Å². The third kappa shape index (κ3) is 8.02. The predicted octanol–water partition coefficient (Wildman–Crippen LogP) is 1.78. The summed E-state index contributed by atoms with van der Waals surface area (Å²) in [6, 6.07) is 0.228. The van der Waals surface area contributed by atoms with Crippen LogP contribution in [-0.2, 0) is 14.8 Å². The van der Waals surface area contributed by atoms with Gasteiger partial charge in [0.05, 0.1) is 6.54 Å². The standard InChI is InChI=1S/C17H30F3N5O3S.HI/c1-21-16(23-12-15(26)24-14-5-3-2-4-6-14)22-11-13-7-9-25(10-8-13)29(27,28)17(18,19)20;/h13-14H,2-12H2,1H3,(H,24,26)(H2,21,22,23);1H. The summed E-state index contributed by atoms with van der Waals surface area (Å²) >= 11 is 0. The molecule has 30 heavy (non-hydrogen) atoms. The number of nitrogens with one attached hydrogen (secondary N) is 3. The van der Waals surface area contributed by atoms with E-state index < -0.39 is 15.5 Å². The average Bonchev–Trinajstić information content (AvgIpc) is 2.68. The van der Waals surface area contributed by atoms with Gasteiger partial charge >= 0.3 is 15.5 Å². The fourth-order valence-corrected chi connectivity index (χ4v) is 4.64. The zero-order valence-corrected chi connectivity index (χ0v) is 20.1. The third-order valence-corrected chi connectivity index (χ3v) is 7.00. The van der Waals surface area contributed by atoms with E-state index in [1.807, 2.05) is 0 Å². The lowest BCUT2D eigenvalue weighted by molar-refractivity contribution is -0.120. The molecule has 0 spiro atoms. The minimum Gasteiger partial charge on any atom is -0.356 e. The van der Waals surface area contributed by atoms with Gasteiger partial charge in [0.2, 0.25) is 5.91 Å². The molecule has 1 aliphatic carbocycles. The fraction of sp³-hybridized carbons (Fsp3) is 0.882. The Balaban J connectivity index is 0.00000450. The molecular weight excluding hydrogens is 538 g/mol. The Hall–Kier alpha value is -0.830. The maximum atomic E-state index is 12.6. The number of halogens is 4. The van der Waals surface area contributed by atoms with Gasteiger partial charge in [-0.1, -0.05) is 19.3 Å². The van der Waals surface area contributed by atoms with Crippen molar-refractivity contribution in [2.75, 3.05) is 33.2 Å². The van der Waals surface area contributed by atoms with Crippen molar-refractivity contribution in [1.29, 1.82) is 0 Å².